The number of hydrogen-bond acceptors (Lipinski definition) is 2. The zero-order chi connectivity index (χ0) is 17.7. The van der Waals surface area contributed by atoms with E-state index >= 15 is 0 Å². The van der Waals surface area contributed by atoms with Gasteiger partial charge in [0.05, 0.1) is 0 Å². The summed E-state index contributed by atoms with van der Waals surface area (Å²) in [7, 11) is 0. The topological polar surface area (TPSA) is 70.2 Å². The largest absolute Gasteiger partial charge is 0.337 e. The molecule has 5 heteroatoms. The van der Waals surface area contributed by atoms with E-state index in [2.05, 4.69) is 28.1 Å². The van der Waals surface area contributed by atoms with Crippen LogP contribution in [0.3, 0.4) is 0 Å². The van der Waals surface area contributed by atoms with Crippen molar-refractivity contribution in [1.29, 1.82) is 0 Å². The lowest BCUT2D eigenvalue weighted by molar-refractivity contribution is -0.114. The lowest BCUT2D eigenvalue weighted by Crippen LogP contribution is -2.46. The van der Waals surface area contributed by atoms with E-state index in [9.17, 15) is 9.59 Å². The SMILES string of the molecule is CC(=O)Nc1cccc(NC(=O)NCC2(c3ccccc3)CCC2)c1. The third kappa shape index (κ3) is 4.18. The molecule has 0 aromatic heterocycles. The van der Waals surface area contributed by atoms with Crippen molar-refractivity contribution < 1.29 is 9.59 Å². The Labute approximate surface area is 147 Å². The minimum Gasteiger partial charge on any atom is -0.337 e. The fraction of sp³-hybridized carbons (Fsp3) is 0.300. The Morgan fingerprint density at radius 2 is 1.64 bits per heavy atom. The summed E-state index contributed by atoms with van der Waals surface area (Å²) in [5.74, 6) is -0.142. The molecule has 1 saturated carbocycles. The van der Waals surface area contributed by atoms with Crippen LogP contribution >= 0.6 is 0 Å². The summed E-state index contributed by atoms with van der Waals surface area (Å²) in [5, 5.41) is 8.53. The molecule has 3 amide bonds. The highest BCUT2D eigenvalue weighted by atomic mass is 16.2. The van der Waals surface area contributed by atoms with Crippen LogP contribution in [0, 0.1) is 0 Å². The Bertz CT molecular complexity index is 755. The van der Waals surface area contributed by atoms with Crippen LogP contribution in [-0.4, -0.2) is 18.5 Å². The molecule has 0 spiro atoms. The molecule has 3 rings (SSSR count). The molecular formula is C20H23N3O2. The van der Waals surface area contributed by atoms with Gasteiger partial charge in [0.1, 0.15) is 0 Å². The van der Waals surface area contributed by atoms with Gasteiger partial charge in [-0.1, -0.05) is 42.8 Å². The maximum Gasteiger partial charge on any atom is 0.319 e. The van der Waals surface area contributed by atoms with Crippen molar-refractivity contribution in [2.75, 3.05) is 17.2 Å². The van der Waals surface area contributed by atoms with Crippen LogP contribution in [0.25, 0.3) is 0 Å². The van der Waals surface area contributed by atoms with Gasteiger partial charge >= 0.3 is 6.03 Å². The van der Waals surface area contributed by atoms with E-state index in [1.54, 1.807) is 24.3 Å². The third-order valence-electron chi connectivity index (χ3n) is 4.72. The highest BCUT2D eigenvalue weighted by Crippen LogP contribution is 2.43. The lowest BCUT2D eigenvalue weighted by Gasteiger charge is -2.42. The lowest BCUT2D eigenvalue weighted by atomic mass is 9.64. The van der Waals surface area contributed by atoms with Gasteiger partial charge in [-0.15, -0.1) is 0 Å². The predicted molar refractivity (Wildman–Crippen MR) is 99.7 cm³/mol. The number of nitrogens with one attached hydrogen (secondary N) is 3. The quantitative estimate of drug-likeness (QED) is 0.775. The van der Waals surface area contributed by atoms with E-state index in [0.717, 1.165) is 12.8 Å². The monoisotopic (exact) mass is 337 g/mol. The minimum absolute atomic E-state index is 0.0522. The Kier molecular flexibility index (Phi) is 5.03. The molecule has 0 bridgehead atoms. The van der Waals surface area contributed by atoms with Crippen LogP contribution in [-0.2, 0) is 10.2 Å². The van der Waals surface area contributed by atoms with E-state index in [0.29, 0.717) is 17.9 Å². The van der Waals surface area contributed by atoms with Crippen molar-refractivity contribution in [3.63, 3.8) is 0 Å². The molecule has 2 aromatic rings. The van der Waals surface area contributed by atoms with Gasteiger partial charge in [0, 0.05) is 30.3 Å². The summed E-state index contributed by atoms with van der Waals surface area (Å²) in [6.45, 7) is 2.07. The van der Waals surface area contributed by atoms with Gasteiger partial charge in [0.15, 0.2) is 0 Å². The second kappa shape index (κ2) is 7.38. The first kappa shape index (κ1) is 17.0. The van der Waals surface area contributed by atoms with Crippen LogP contribution in [0.1, 0.15) is 31.7 Å². The zero-order valence-electron chi connectivity index (χ0n) is 14.3. The highest BCUT2D eigenvalue weighted by molar-refractivity contribution is 5.92. The molecule has 1 fully saturated rings. The molecule has 2 aromatic carbocycles. The Morgan fingerprint density at radius 1 is 0.960 bits per heavy atom. The van der Waals surface area contributed by atoms with Gasteiger partial charge in [0.25, 0.3) is 0 Å². The van der Waals surface area contributed by atoms with Crippen molar-refractivity contribution in [2.24, 2.45) is 0 Å². The summed E-state index contributed by atoms with van der Waals surface area (Å²) in [6.07, 6.45) is 3.38. The van der Waals surface area contributed by atoms with Gasteiger partial charge in [-0.3, -0.25) is 4.79 Å². The molecule has 1 aliphatic rings. The third-order valence-corrected chi connectivity index (χ3v) is 4.72. The van der Waals surface area contributed by atoms with Crippen LogP contribution in [0.4, 0.5) is 16.2 Å². The summed E-state index contributed by atoms with van der Waals surface area (Å²) < 4.78 is 0. The Balaban J connectivity index is 1.59. The molecule has 130 valence electrons. The second-order valence-corrected chi connectivity index (χ2v) is 6.57. The number of anilines is 2. The predicted octanol–water partition coefficient (Wildman–Crippen LogP) is 3.89. The van der Waals surface area contributed by atoms with Crippen molar-refractivity contribution in [3.05, 3.63) is 60.2 Å². The van der Waals surface area contributed by atoms with Gasteiger partial charge in [-0.05, 0) is 36.6 Å². The first-order valence-corrected chi connectivity index (χ1v) is 8.55. The van der Waals surface area contributed by atoms with E-state index in [1.165, 1.54) is 18.9 Å². The number of benzene rings is 2. The van der Waals surface area contributed by atoms with Crippen LogP contribution in [0.15, 0.2) is 54.6 Å². The van der Waals surface area contributed by atoms with Gasteiger partial charge in [-0.25, -0.2) is 4.79 Å². The number of amides is 3. The van der Waals surface area contributed by atoms with Crippen LogP contribution in [0.5, 0.6) is 0 Å². The number of rotatable bonds is 5. The molecule has 0 unspecified atom stereocenters. The molecule has 0 aliphatic heterocycles. The van der Waals surface area contributed by atoms with Crippen molar-refractivity contribution in [3.8, 4) is 0 Å². The molecule has 0 heterocycles. The maximum absolute atomic E-state index is 12.3. The fourth-order valence-electron chi connectivity index (χ4n) is 3.27. The van der Waals surface area contributed by atoms with E-state index in [-0.39, 0.29) is 17.4 Å². The maximum atomic E-state index is 12.3. The normalized spacial score (nSPS) is 14.9. The summed E-state index contributed by atoms with van der Waals surface area (Å²) >= 11 is 0. The highest BCUT2D eigenvalue weighted by Gasteiger charge is 2.38. The minimum atomic E-state index is -0.234. The summed E-state index contributed by atoms with van der Waals surface area (Å²) in [5.41, 5.74) is 2.64. The van der Waals surface area contributed by atoms with Gasteiger partial charge in [-0.2, -0.15) is 0 Å². The Hall–Kier alpha value is -2.82. The first-order chi connectivity index (χ1) is 12.1. The molecule has 5 nitrogen and oxygen atoms in total. The molecule has 0 saturated heterocycles. The molecule has 25 heavy (non-hydrogen) atoms. The number of hydrogen-bond donors (Lipinski definition) is 3. The molecule has 1 aliphatic carbocycles. The fourth-order valence-corrected chi connectivity index (χ4v) is 3.27. The summed E-state index contributed by atoms with van der Waals surface area (Å²) in [6, 6.07) is 17.2. The van der Waals surface area contributed by atoms with Crippen molar-refractivity contribution >= 4 is 23.3 Å². The Morgan fingerprint density at radius 3 is 2.24 bits per heavy atom. The number of urea groups is 1. The number of carbonyl (C=O) groups excluding carboxylic acids is 2. The van der Waals surface area contributed by atoms with E-state index in [1.807, 2.05) is 18.2 Å². The second-order valence-electron chi connectivity index (χ2n) is 6.57. The first-order valence-electron chi connectivity index (χ1n) is 8.55. The van der Waals surface area contributed by atoms with Crippen LogP contribution < -0.4 is 16.0 Å². The molecule has 0 radical (unpaired) electrons. The summed E-state index contributed by atoms with van der Waals surface area (Å²) in [4.78, 5) is 23.4. The van der Waals surface area contributed by atoms with E-state index in [4.69, 9.17) is 0 Å². The van der Waals surface area contributed by atoms with Gasteiger partial charge < -0.3 is 16.0 Å². The smallest absolute Gasteiger partial charge is 0.319 e. The van der Waals surface area contributed by atoms with Crippen molar-refractivity contribution in [1.82, 2.24) is 5.32 Å². The number of carbonyl (C=O) groups is 2. The zero-order valence-corrected chi connectivity index (χ0v) is 14.3. The van der Waals surface area contributed by atoms with Crippen molar-refractivity contribution in [2.45, 2.75) is 31.6 Å². The average Bonchev–Trinajstić information content (AvgIpc) is 2.54. The van der Waals surface area contributed by atoms with Gasteiger partial charge in [0.2, 0.25) is 5.91 Å². The van der Waals surface area contributed by atoms with E-state index < -0.39 is 0 Å². The standard InChI is InChI=1S/C20H23N3O2/c1-15(24)22-17-9-5-10-18(13-17)23-19(25)21-14-20(11-6-12-20)16-7-3-2-4-8-16/h2-5,7-10,13H,6,11-12,14H2,1H3,(H,22,24)(H2,21,23,25). The van der Waals surface area contributed by atoms with Crippen LogP contribution in [0.2, 0.25) is 0 Å². The molecule has 3 N–H and O–H groups in total. The molecule has 0 atom stereocenters. The average molecular weight is 337 g/mol. The molecular weight excluding hydrogens is 314 g/mol.